The van der Waals surface area contributed by atoms with Gasteiger partial charge in [0.05, 0.1) is 6.10 Å². The molecule has 120 valence electrons. The zero-order chi connectivity index (χ0) is 15.1. The second-order valence-corrected chi connectivity index (χ2v) is 6.90. The minimum absolute atomic E-state index is 0.167. The van der Waals surface area contributed by atoms with Gasteiger partial charge in [0.2, 0.25) is 11.8 Å². The number of ether oxygens (including phenoxy) is 1. The summed E-state index contributed by atoms with van der Waals surface area (Å²) in [6, 6.07) is 0. The van der Waals surface area contributed by atoms with Crippen molar-refractivity contribution < 1.29 is 9.15 Å². The predicted molar refractivity (Wildman–Crippen MR) is 82.3 cm³/mol. The summed E-state index contributed by atoms with van der Waals surface area (Å²) < 4.78 is 11.4. The van der Waals surface area contributed by atoms with E-state index >= 15 is 0 Å². The molecule has 1 aromatic rings. The highest BCUT2D eigenvalue weighted by Gasteiger charge is 2.15. The van der Waals surface area contributed by atoms with E-state index in [1.807, 2.05) is 0 Å². The van der Waals surface area contributed by atoms with Crippen LogP contribution in [0.5, 0.6) is 0 Å². The molecule has 1 fully saturated rings. The van der Waals surface area contributed by atoms with Crippen molar-refractivity contribution in [1.82, 2.24) is 15.5 Å². The normalized spacial score (nSPS) is 19.9. The van der Waals surface area contributed by atoms with Gasteiger partial charge in [0, 0.05) is 25.0 Å². The van der Waals surface area contributed by atoms with Gasteiger partial charge in [0.1, 0.15) is 0 Å². The first-order valence-corrected chi connectivity index (χ1v) is 8.21. The van der Waals surface area contributed by atoms with Crippen molar-refractivity contribution in [2.45, 2.75) is 77.4 Å². The van der Waals surface area contributed by atoms with Crippen molar-refractivity contribution in [2.24, 2.45) is 0 Å². The molecule has 0 bridgehead atoms. The quantitative estimate of drug-likeness (QED) is 0.784. The van der Waals surface area contributed by atoms with Crippen molar-refractivity contribution >= 4 is 0 Å². The van der Waals surface area contributed by atoms with Gasteiger partial charge >= 0.3 is 0 Å². The fourth-order valence-electron chi connectivity index (χ4n) is 2.51. The van der Waals surface area contributed by atoms with Crippen LogP contribution in [-0.2, 0) is 17.6 Å². The minimum Gasteiger partial charge on any atom is -0.425 e. The highest BCUT2D eigenvalue weighted by Crippen LogP contribution is 2.17. The van der Waals surface area contributed by atoms with Gasteiger partial charge in [-0.25, -0.2) is 0 Å². The van der Waals surface area contributed by atoms with Crippen LogP contribution < -0.4 is 5.32 Å². The summed E-state index contributed by atoms with van der Waals surface area (Å²) in [5.41, 5.74) is 0.167. The molecule has 1 atom stereocenters. The van der Waals surface area contributed by atoms with Crippen molar-refractivity contribution in [3.05, 3.63) is 11.8 Å². The SMILES string of the molecule is CC(C)(C)NCCCc1nnc(CCC2CCCCO2)o1. The Morgan fingerprint density at radius 1 is 1.14 bits per heavy atom. The van der Waals surface area contributed by atoms with E-state index < -0.39 is 0 Å². The summed E-state index contributed by atoms with van der Waals surface area (Å²) >= 11 is 0. The first-order chi connectivity index (χ1) is 10.0. The van der Waals surface area contributed by atoms with Crippen molar-refractivity contribution in [3.8, 4) is 0 Å². The Bertz CT molecular complexity index is 406. The van der Waals surface area contributed by atoms with Crippen LogP contribution in [0.3, 0.4) is 0 Å². The average molecular weight is 295 g/mol. The van der Waals surface area contributed by atoms with Crippen molar-refractivity contribution in [2.75, 3.05) is 13.2 Å². The van der Waals surface area contributed by atoms with E-state index in [0.29, 0.717) is 6.10 Å². The number of nitrogens with zero attached hydrogens (tertiary/aromatic N) is 2. The van der Waals surface area contributed by atoms with E-state index in [1.165, 1.54) is 19.3 Å². The summed E-state index contributed by atoms with van der Waals surface area (Å²) in [4.78, 5) is 0. The molecule has 1 aliphatic rings. The Hall–Kier alpha value is -0.940. The molecule has 1 aliphatic heterocycles. The van der Waals surface area contributed by atoms with E-state index in [1.54, 1.807) is 0 Å². The number of aryl methyl sites for hydroxylation is 2. The topological polar surface area (TPSA) is 60.2 Å². The Morgan fingerprint density at radius 2 is 1.90 bits per heavy atom. The molecule has 1 aromatic heterocycles. The largest absolute Gasteiger partial charge is 0.425 e. The smallest absolute Gasteiger partial charge is 0.216 e. The molecule has 1 unspecified atom stereocenters. The summed E-state index contributed by atoms with van der Waals surface area (Å²) in [6.07, 6.45) is 7.71. The lowest BCUT2D eigenvalue weighted by molar-refractivity contribution is 0.0105. The van der Waals surface area contributed by atoms with E-state index in [-0.39, 0.29) is 5.54 Å². The van der Waals surface area contributed by atoms with Crippen LogP contribution in [0.15, 0.2) is 4.42 Å². The van der Waals surface area contributed by atoms with Crippen LogP contribution in [0.2, 0.25) is 0 Å². The second-order valence-electron chi connectivity index (χ2n) is 6.90. The van der Waals surface area contributed by atoms with Gasteiger partial charge in [-0.1, -0.05) is 0 Å². The van der Waals surface area contributed by atoms with Gasteiger partial charge < -0.3 is 14.5 Å². The van der Waals surface area contributed by atoms with Gasteiger partial charge in [0.15, 0.2) is 0 Å². The Labute approximate surface area is 127 Å². The summed E-state index contributed by atoms with van der Waals surface area (Å²) in [5.74, 6) is 1.51. The molecule has 5 heteroatoms. The maximum absolute atomic E-state index is 5.72. The fourth-order valence-corrected chi connectivity index (χ4v) is 2.51. The van der Waals surface area contributed by atoms with E-state index in [0.717, 1.165) is 50.6 Å². The average Bonchev–Trinajstić information content (AvgIpc) is 2.89. The highest BCUT2D eigenvalue weighted by atomic mass is 16.5. The predicted octanol–water partition coefficient (Wildman–Crippen LogP) is 2.89. The zero-order valence-corrected chi connectivity index (χ0v) is 13.7. The Morgan fingerprint density at radius 3 is 2.57 bits per heavy atom. The third-order valence-corrected chi connectivity index (χ3v) is 3.69. The number of hydrogen-bond donors (Lipinski definition) is 1. The molecule has 1 saturated heterocycles. The molecular weight excluding hydrogens is 266 g/mol. The molecule has 0 radical (unpaired) electrons. The van der Waals surface area contributed by atoms with E-state index in [4.69, 9.17) is 9.15 Å². The monoisotopic (exact) mass is 295 g/mol. The molecule has 0 amide bonds. The van der Waals surface area contributed by atoms with Crippen molar-refractivity contribution in [1.29, 1.82) is 0 Å². The third kappa shape index (κ3) is 6.57. The van der Waals surface area contributed by atoms with Gasteiger partial charge in [0.25, 0.3) is 0 Å². The first-order valence-electron chi connectivity index (χ1n) is 8.21. The molecule has 21 heavy (non-hydrogen) atoms. The van der Waals surface area contributed by atoms with Crippen LogP contribution in [0.4, 0.5) is 0 Å². The fraction of sp³-hybridized carbons (Fsp3) is 0.875. The van der Waals surface area contributed by atoms with Crippen molar-refractivity contribution in [3.63, 3.8) is 0 Å². The molecule has 0 saturated carbocycles. The molecular formula is C16H29N3O2. The molecule has 0 aromatic carbocycles. The maximum Gasteiger partial charge on any atom is 0.216 e. The lowest BCUT2D eigenvalue weighted by Crippen LogP contribution is -2.36. The van der Waals surface area contributed by atoms with Crippen LogP contribution >= 0.6 is 0 Å². The summed E-state index contributed by atoms with van der Waals surface area (Å²) in [5, 5.41) is 11.7. The molecule has 0 spiro atoms. The molecule has 1 N–H and O–H groups in total. The lowest BCUT2D eigenvalue weighted by atomic mass is 10.0. The summed E-state index contributed by atoms with van der Waals surface area (Å²) in [7, 11) is 0. The molecule has 5 nitrogen and oxygen atoms in total. The second kappa shape index (κ2) is 7.90. The Kier molecular flexibility index (Phi) is 6.18. The number of hydrogen-bond acceptors (Lipinski definition) is 5. The highest BCUT2D eigenvalue weighted by molar-refractivity contribution is 4.84. The maximum atomic E-state index is 5.72. The first kappa shape index (κ1) is 16.4. The molecule has 2 heterocycles. The van der Waals surface area contributed by atoms with Crippen LogP contribution in [0.25, 0.3) is 0 Å². The van der Waals surface area contributed by atoms with Gasteiger partial charge in [-0.05, 0) is 59.4 Å². The molecule has 2 rings (SSSR count). The third-order valence-electron chi connectivity index (χ3n) is 3.69. The minimum atomic E-state index is 0.167. The zero-order valence-electron chi connectivity index (χ0n) is 13.7. The summed E-state index contributed by atoms with van der Waals surface area (Å²) in [6.45, 7) is 8.39. The van der Waals surface area contributed by atoms with E-state index in [9.17, 15) is 0 Å². The standard InChI is InChI=1S/C16H29N3O2/c1-16(2,3)17-11-6-8-14-18-19-15(21-14)10-9-13-7-4-5-12-20-13/h13,17H,4-12H2,1-3H3. The lowest BCUT2D eigenvalue weighted by Gasteiger charge is -2.21. The number of nitrogens with one attached hydrogen (secondary N) is 1. The molecule has 0 aliphatic carbocycles. The van der Waals surface area contributed by atoms with Crippen LogP contribution in [-0.4, -0.2) is 35.0 Å². The number of rotatable bonds is 7. The van der Waals surface area contributed by atoms with Gasteiger partial charge in [-0.15, -0.1) is 10.2 Å². The Balaban J connectivity index is 1.64. The number of aromatic nitrogens is 2. The van der Waals surface area contributed by atoms with Gasteiger partial charge in [-0.2, -0.15) is 0 Å². The van der Waals surface area contributed by atoms with Gasteiger partial charge in [-0.3, -0.25) is 0 Å². The van der Waals surface area contributed by atoms with E-state index in [2.05, 4.69) is 36.3 Å². The van der Waals surface area contributed by atoms with Crippen LogP contribution in [0.1, 0.15) is 64.7 Å². The van der Waals surface area contributed by atoms with Crippen LogP contribution in [0, 0.1) is 0 Å².